The molecule has 7 nitrogen and oxygen atoms in total. The van der Waals surface area contributed by atoms with Crippen LogP contribution in [0.2, 0.25) is 0 Å². The highest BCUT2D eigenvalue weighted by Crippen LogP contribution is 2.42. The number of rotatable bonds is 9. The van der Waals surface area contributed by atoms with Gasteiger partial charge in [0.25, 0.3) is 0 Å². The van der Waals surface area contributed by atoms with Crippen LogP contribution in [0.3, 0.4) is 0 Å². The molecule has 0 aliphatic rings. The molecular formula is C35H31N3O4S3. The fourth-order valence-electron chi connectivity index (χ4n) is 5.17. The summed E-state index contributed by atoms with van der Waals surface area (Å²) in [7, 11) is -2.69. The van der Waals surface area contributed by atoms with Crippen LogP contribution < -0.4 is 4.74 Å². The fraction of sp³-hybridized carbons (Fsp3) is 0.171. The predicted octanol–water partition coefficient (Wildman–Crippen LogP) is 7.48. The molecule has 2 atom stereocenters. The van der Waals surface area contributed by atoms with Gasteiger partial charge in [0.05, 0.1) is 28.4 Å². The Labute approximate surface area is 269 Å². The molecule has 0 saturated carbocycles. The summed E-state index contributed by atoms with van der Waals surface area (Å²) in [6.07, 6.45) is 6.89. The van der Waals surface area contributed by atoms with E-state index in [1.807, 2.05) is 60.7 Å². The molecule has 3 heterocycles. The Balaban J connectivity index is 1.49. The molecule has 10 heteroatoms. The van der Waals surface area contributed by atoms with Gasteiger partial charge >= 0.3 is 0 Å². The molecule has 3 aromatic carbocycles. The van der Waals surface area contributed by atoms with Crippen molar-refractivity contribution in [3.05, 3.63) is 103 Å². The Morgan fingerprint density at radius 2 is 1.64 bits per heavy atom. The van der Waals surface area contributed by atoms with E-state index in [0.29, 0.717) is 12.3 Å². The number of hydrogen-bond acceptors (Lipinski definition) is 8. The van der Waals surface area contributed by atoms with E-state index >= 15 is 0 Å². The maximum Gasteiger partial charge on any atom is 0.212 e. The standard InChI is InChI=1S/C35H31N3O4S3/c1-22(45(4,40)41)17-23-18-26-9-6-16-36-32(26)30(19-23)25-7-5-8-27(20-25)34-33(24-10-13-29(14-11-24)44(3)39)38-35(43-34)28-12-15-31(42-2)37-21-28/h5-16,18-22H,17H2,1-4H3. The third-order valence-corrected chi connectivity index (χ3v) is 11.5. The number of benzene rings is 3. The highest BCUT2D eigenvalue weighted by atomic mass is 32.2. The number of hydrogen-bond donors (Lipinski definition) is 0. The number of nitrogens with zero attached hydrogens (tertiary/aromatic N) is 3. The fourth-order valence-corrected chi connectivity index (χ4v) is 7.26. The largest absolute Gasteiger partial charge is 0.481 e. The van der Waals surface area contributed by atoms with Crippen molar-refractivity contribution < 1.29 is 17.4 Å². The molecule has 0 radical (unpaired) electrons. The van der Waals surface area contributed by atoms with E-state index in [4.69, 9.17) is 14.7 Å². The summed E-state index contributed by atoms with van der Waals surface area (Å²) in [4.78, 5) is 15.9. The molecule has 6 rings (SSSR count). The van der Waals surface area contributed by atoms with Gasteiger partial charge in [0.2, 0.25) is 5.88 Å². The van der Waals surface area contributed by atoms with Gasteiger partial charge in [-0.15, -0.1) is 11.3 Å². The van der Waals surface area contributed by atoms with Crippen LogP contribution in [0.1, 0.15) is 12.5 Å². The second-order valence-electron chi connectivity index (χ2n) is 10.9. The maximum atomic E-state index is 12.3. The Hall–Kier alpha value is -4.25. The molecule has 0 saturated heterocycles. The lowest BCUT2D eigenvalue weighted by molar-refractivity contribution is 0.398. The number of ether oxygens (including phenoxy) is 1. The van der Waals surface area contributed by atoms with Crippen molar-refractivity contribution in [1.82, 2.24) is 15.0 Å². The number of thiazole rings is 1. The van der Waals surface area contributed by atoms with Crippen LogP contribution in [0.15, 0.2) is 102 Å². The van der Waals surface area contributed by atoms with Gasteiger partial charge in [-0.1, -0.05) is 36.4 Å². The number of aromatic nitrogens is 3. The van der Waals surface area contributed by atoms with E-state index in [2.05, 4.69) is 29.2 Å². The van der Waals surface area contributed by atoms with Gasteiger partial charge < -0.3 is 4.74 Å². The van der Waals surface area contributed by atoms with E-state index < -0.39 is 25.9 Å². The zero-order valence-corrected chi connectivity index (χ0v) is 27.7. The summed E-state index contributed by atoms with van der Waals surface area (Å²) >= 11 is 1.57. The highest BCUT2D eigenvalue weighted by Gasteiger charge is 2.20. The van der Waals surface area contributed by atoms with Crippen LogP contribution in [0, 0.1) is 0 Å². The molecule has 0 N–H and O–H groups in total. The summed E-state index contributed by atoms with van der Waals surface area (Å²) in [5, 5.41) is 1.26. The highest BCUT2D eigenvalue weighted by molar-refractivity contribution is 7.91. The molecular weight excluding hydrogens is 623 g/mol. The maximum absolute atomic E-state index is 12.3. The van der Waals surface area contributed by atoms with Crippen LogP contribution in [-0.4, -0.2) is 52.4 Å². The van der Waals surface area contributed by atoms with Crippen molar-refractivity contribution in [1.29, 1.82) is 0 Å². The van der Waals surface area contributed by atoms with Crippen molar-refractivity contribution in [2.45, 2.75) is 23.5 Å². The quantitative estimate of drug-likeness (QED) is 0.160. The minimum absolute atomic E-state index is 0.410. The molecule has 3 aromatic heterocycles. The zero-order chi connectivity index (χ0) is 31.7. The van der Waals surface area contributed by atoms with Crippen LogP contribution >= 0.6 is 11.3 Å². The summed E-state index contributed by atoms with van der Waals surface area (Å²) in [6, 6.07) is 27.7. The van der Waals surface area contributed by atoms with Crippen molar-refractivity contribution >= 4 is 42.9 Å². The first-order chi connectivity index (χ1) is 21.6. The van der Waals surface area contributed by atoms with Crippen molar-refractivity contribution in [2.24, 2.45) is 0 Å². The first-order valence-electron chi connectivity index (χ1n) is 14.2. The number of fused-ring (bicyclic) bond motifs is 1. The Bertz CT molecular complexity index is 2140. The summed E-state index contributed by atoms with van der Waals surface area (Å²) in [5.41, 5.74) is 7.28. The van der Waals surface area contributed by atoms with E-state index in [0.717, 1.165) is 64.8 Å². The SMILES string of the molecule is COc1ccc(-c2nc(-c3ccc(S(C)=O)cc3)c(-c3cccc(-c4cc(CC(C)S(C)(=O)=O)cc5cccnc45)c3)s2)cn1. The van der Waals surface area contributed by atoms with Gasteiger partial charge in [-0.2, -0.15) is 0 Å². The van der Waals surface area contributed by atoms with Gasteiger partial charge in [-0.25, -0.2) is 18.4 Å². The average molecular weight is 654 g/mol. The second kappa shape index (κ2) is 12.6. The normalized spacial score (nSPS) is 13.1. The van der Waals surface area contributed by atoms with Gasteiger partial charge in [0.1, 0.15) is 14.8 Å². The molecule has 45 heavy (non-hydrogen) atoms. The monoisotopic (exact) mass is 653 g/mol. The van der Waals surface area contributed by atoms with E-state index in [1.165, 1.54) is 6.26 Å². The van der Waals surface area contributed by atoms with Crippen LogP contribution in [0.4, 0.5) is 0 Å². The Morgan fingerprint density at radius 1 is 0.889 bits per heavy atom. The molecule has 2 unspecified atom stereocenters. The lowest BCUT2D eigenvalue weighted by Crippen LogP contribution is -2.18. The van der Waals surface area contributed by atoms with Gasteiger partial charge in [-0.3, -0.25) is 9.19 Å². The molecule has 0 bridgehead atoms. The summed E-state index contributed by atoms with van der Waals surface area (Å²) in [6.45, 7) is 1.75. The number of methoxy groups -OCH3 is 1. The van der Waals surface area contributed by atoms with Crippen LogP contribution in [-0.2, 0) is 27.1 Å². The van der Waals surface area contributed by atoms with E-state index in [-0.39, 0.29) is 0 Å². The second-order valence-corrected chi connectivity index (χ2v) is 15.8. The topological polar surface area (TPSA) is 99.1 Å². The number of pyridine rings is 2. The van der Waals surface area contributed by atoms with Gasteiger partial charge in [0, 0.05) is 68.7 Å². The molecule has 0 spiro atoms. The van der Waals surface area contributed by atoms with Crippen LogP contribution in [0.5, 0.6) is 5.88 Å². The van der Waals surface area contributed by atoms with Crippen molar-refractivity contribution in [3.63, 3.8) is 0 Å². The smallest absolute Gasteiger partial charge is 0.212 e. The first kappa shape index (κ1) is 30.8. The third-order valence-electron chi connectivity index (χ3n) is 7.73. The third kappa shape index (κ3) is 6.58. The minimum atomic E-state index is -3.19. The van der Waals surface area contributed by atoms with E-state index in [1.54, 1.807) is 44.0 Å². The predicted molar refractivity (Wildman–Crippen MR) is 184 cm³/mol. The zero-order valence-electron chi connectivity index (χ0n) is 25.2. The van der Waals surface area contributed by atoms with Crippen molar-refractivity contribution in [2.75, 3.05) is 19.6 Å². The molecule has 228 valence electrons. The molecule has 6 aromatic rings. The Kier molecular flexibility index (Phi) is 8.63. The van der Waals surface area contributed by atoms with Crippen molar-refractivity contribution in [3.8, 4) is 49.3 Å². The van der Waals surface area contributed by atoms with E-state index in [9.17, 15) is 12.6 Å². The summed E-state index contributed by atoms with van der Waals surface area (Å²) < 4.78 is 41.8. The molecule has 0 aliphatic carbocycles. The summed E-state index contributed by atoms with van der Waals surface area (Å²) in [5.74, 6) is 0.528. The molecule has 0 fully saturated rings. The van der Waals surface area contributed by atoms with Crippen LogP contribution in [0.25, 0.3) is 54.3 Å². The van der Waals surface area contributed by atoms with Gasteiger partial charge in [-0.05, 0) is 72.5 Å². The lowest BCUT2D eigenvalue weighted by Gasteiger charge is -2.14. The average Bonchev–Trinajstić information content (AvgIpc) is 3.50. The Morgan fingerprint density at radius 3 is 2.33 bits per heavy atom. The molecule has 0 amide bonds. The number of sulfone groups is 1. The first-order valence-corrected chi connectivity index (χ1v) is 18.6. The van der Waals surface area contributed by atoms with Gasteiger partial charge in [0.15, 0.2) is 0 Å². The lowest BCUT2D eigenvalue weighted by atomic mass is 9.95. The molecule has 0 aliphatic heterocycles. The minimum Gasteiger partial charge on any atom is -0.481 e.